The van der Waals surface area contributed by atoms with Gasteiger partial charge in [-0.1, -0.05) is 38.8 Å². The second-order valence-corrected chi connectivity index (χ2v) is 4.34. The van der Waals surface area contributed by atoms with Crippen LogP contribution in [0.15, 0.2) is 12.7 Å². The van der Waals surface area contributed by atoms with Crippen molar-refractivity contribution in [1.82, 2.24) is 0 Å². The van der Waals surface area contributed by atoms with Crippen molar-refractivity contribution < 1.29 is 9.53 Å². The van der Waals surface area contributed by atoms with Crippen LogP contribution in [-0.4, -0.2) is 12.1 Å². The maximum absolute atomic E-state index is 11.4. The Bertz CT molecular complexity index is 205. The Labute approximate surface area is 92.7 Å². The van der Waals surface area contributed by atoms with Crippen molar-refractivity contribution in [2.45, 2.75) is 58.0 Å². The average Bonchev–Trinajstić information content (AvgIpc) is 2.27. The molecular formula is C13H22O2. The molecule has 0 spiro atoms. The van der Waals surface area contributed by atoms with Crippen molar-refractivity contribution in [1.29, 1.82) is 0 Å². The van der Waals surface area contributed by atoms with Crippen molar-refractivity contribution in [2.24, 2.45) is 5.92 Å². The van der Waals surface area contributed by atoms with Crippen LogP contribution in [0.3, 0.4) is 0 Å². The van der Waals surface area contributed by atoms with Gasteiger partial charge < -0.3 is 4.74 Å². The van der Waals surface area contributed by atoms with Gasteiger partial charge in [-0.15, -0.1) is 0 Å². The lowest BCUT2D eigenvalue weighted by atomic mass is 9.85. The molecule has 0 amide bonds. The molecule has 15 heavy (non-hydrogen) atoms. The second kappa shape index (κ2) is 6.65. The normalized spacial score (nSPS) is 19.5. The van der Waals surface area contributed by atoms with Gasteiger partial charge in [0.25, 0.3) is 0 Å². The maximum atomic E-state index is 11.4. The number of ether oxygens (including phenoxy) is 1. The third-order valence-corrected chi connectivity index (χ3v) is 3.07. The van der Waals surface area contributed by atoms with Gasteiger partial charge in [-0.2, -0.15) is 0 Å². The summed E-state index contributed by atoms with van der Waals surface area (Å²) in [5.74, 6) is 0.435. The highest BCUT2D eigenvalue weighted by molar-refractivity contribution is 5.69. The summed E-state index contributed by atoms with van der Waals surface area (Å²) in [5.41, 5.74) is 0. The number of esters is 1. The summed E-state index contributed by atoms with van der Waals surface area (Å²) in [6, 6.07) is 0. The summed E-state index contributed by atoms with van der Waals surface area (Å²) >= 11 is 0. The minimum atomic E-state index is -0.0760. The first-order valence-electron chi connectivity index (χ1n) is 6.10. The molecule has 0 bridgehead atoms. The Morgan fingerprint density at radius 1 is 1.47 bits per heavy atom. The fourth-order valence-electron chi connectivity index (χ4n) is 2.21. The molecule has 2 heteroatoms. The van der Waals surface area contributed by atoms with E-state index in [4.69, 9.17) is 4.74 Å². The van der Waals surface area contributed by atoms with E-state index in [1.165, 1.54) is 32.1 Å². The van der Waals surface area contributed by atoms with E-state index in [-0.39, 0.29) is 12.1 Å². The molecule has 0 aromatic rings. The highest BCUT2D eigenvalue weighted by Crippen LogP contribution is 2.28. The Morgan fingerprint density at radius 2 is 2.13 bits per heavy atom. The first-order valence-corrected chi connectivity index (χ1v) is 6.10. The van der Waals surface area contributed by atoms with E-state index >= 15 is 0 Å². The number of hydrogen-bond donors (Lipinski definition) is 0. The summed E-state index contributed by atoms with van der Waals surface area (Å²) in [5, 5.41) is 0. The van der Waals surface area contributed by atoms with Gasteiger partial charge in [0, 0.05) is 6.42 Å². The average molecular weight is 210 g/mol. The summed E-state index contributed by atoms with van der Waals surface area (Å²) < 4.78 is 5.42. The topological polar surface area (TPSA) is 26.3 Å². The lowest BCUT2D eigenvalue weighted by Gasteiger charge is -2.27. The van der Waals surface area contributed by atoms with Gasteiger partial charge in [-0.05, 0) is 25.2 Å². The van der Waals surface area contributed by atoms with Gasteiger partial charge >= 0.3 is 5.97 Å². The fourth-order valence-corrected chi connectivity index (χ4v) is 2.21. The fraction of sp³-hybridized carbons (Fsp3) is 0.769. The molecule has 0 aromatic carbocycles. The van der Waals surface area contributed by atoms with E-state index in [1.807, 2.05) is 6.92 Å². The zero-order chi connectivity index (χ0) is 11.1. The van der Waals surface area contributed by atoms with Crippen LogP contribution in [0.5, 0.6) is 0 Å². The molecule has 2 nitrogen and oxygen atoms in total. The largest absolute Gasteiger partial charge is 0.458 e. The number of carbonyl (C=O) groups is 1. The summed E-state index contributed by atoms with van der Waals surface area (Å²) in [7, 11) is 0. The molecule has 0 aromatic heterocycles. The van der Waals surface area contributed by atoms with Crippen molar-refractivity contribution >= 4 is 5.97 Å². The molecular weight excluding hydrogens is 188 g/mol. The molecule has 0 aliphatic heterocycles. The van der Waals surface area contributed by atoms with Crippen LogP contribution >= 0.6 is 0 Å². The first-order chi connectivity index (χ1) is 7.27. The van der Waals surface area contributed by atoms with Crippen molar-refractivity contribution in [3.63, 3.8) is 0 Å². The Balaban J connectivity index is 2.39. The molecule has 1 saturated carbocycles. The van der Waals surface area contributed by atoms with E-state index in [2.05, 4.69) is 6.58 Å². The van der Waals surface area contributed by atoms with Crippen LogP contribution in [0.4, 0.5) is 0 Å². The van der Waals surface area contributed by atoms with Gasteiger partial charge in [-0.25, -0.2) is 0 Å². The minimum absolute atomic E-state index is 0.0515. The molecule has 86 valence electrons. The smallest absolute Gasteiger partial charge is 0.306 e. The lowest BCUT2D eigenvalue weighted by molar-refractivity contribution is -0.149. The van der Waals surface area contributed by atoms with Crippen molar-refractivity contribution in [3.8, 4) is 0 Å². The Morgan fingerprint density at radius 3 is 2.67 bits per heavy atom. The SMILES string of the molecule is C=CC(OC(=O)CCC)C1CCCCC1. The number of hydrogen-bond acceptors (Lipinski definition) is 2. The quantitative estimate of drug-likeness (QED) is 0.513. The Kier molecular flexibility index (Phi) is 5.44. The summed E-state index contributed by atoms with van der Waals surface area (Å²) in [4.78, 5) is 11.4. The van der Waals surface area contributed by atoms with Crippen LogP contribution in [0.2, 0.25) is 0 Å². The van der Waals surface area contributed by atoms with E-state index in [0.29, 0.717) is 12.3 Å². The zero-order valence-electron chi connectivity index (χ0n) is 9.71. The molecule has 1 unspecified atom stereocenters. The third kappa shape index (κ3) is 4.06. The first kappa shape index (κ1) is 12.3. The van der Waals surface area contributed by atoms with Gasteiger partial charge in [0.05, 0.1) is 0 Å². The molecule has 0 heterocycles. The van der Waals surface area contributed by atoms with E-state index in [1.54, 1.807) is 6.08 Å². The van der Waals surface area contributed by atoms with Gasteiger partial charge in [0.2, 0.25) is 0 Å². The van der Waals surface area contributed by atoms with Gasteiger partial charge in [0.1, 0.15) is 6.10 Å². The zero-order valence-corrected chi connectivity index (χ0v) is 9.71. The van der Waals surface area contributed by atoms with Crippen LogP contribution in [0.25, 0.3) is 0 Å². The van der Waals surface area contributed by atoms with Crippen molar-refractivity contribution in [3.05, 3.63) is 12.7 Å². The molecule has 0 saturated heterocycles. The number of carbonyl (C=O) groups excluding carboxylic acids is 1. The predicted octanol–water partition coefficient (Wildman–Crippen LogP) is 3.46. The predicted molar refractivity (Wildman–Crippen MR) is 61.6 cm³/mol. The molecule has 0 radical (unpaired) electrons. The van der Waals surface area contributed by atoms with Crippen LogP contribution in [0.1, 0.15) is 51.9 Å². The number of rotatable bonds is 5. The second-order valence-electron chi connectivity index (χ2n) is 4.34. The molecule has 1 aliphatic rings. The maximum Gasteiger partial charge on any atom is 0.306 e. The monoisotopic (exact) mass is 210 g/mol. The molecule has 1 fully saturated rings. The molecule has 1 aliphatic carbocycles. The summed E-state index contributed by atoms with van der Waals surface area (Å²) in [6.45, 7) is 5.76. The van der Waals surface area contributed by atoms with E-state index < -0.39 is 0 Å². The van der Waals surface area contributed by atoms with Crippen LogP contribution in [0, 0.1) is 5.92 Å². The van der Waals surface area contributed by atoms with Gasteiger partial charge in [0.15, 0.2) is 0 Å². The highest BCUT2D eigenvalue weighted by Gasteiger charge is 2.23. The van der Waals surface area contributed by atoms with Gasteiger partial charge in [-0.3, -0.25) is 4.79 Å². The minimum Gasteiger partial charge on any atom is -0.458 e. The van der Waals surface area contributed by atoms with Crippen LogP contribution < -0.4 is 0 Å². The molecule has 0 N–H and O–H groups in total. The van der Waals surface area contributed by atoms with E-state index in [9.17, 15) is 4.79 Å². The molecule has 1 rings (SSSR count). The highest BCUT2D eigenvalue weighted by atomic mass is 16.5. The standard InChI is InChI=1S/C13H22O2/c1-3-8-13(14)15-12(4-2)11-9-6-5-7-10-11/h4,11-12H,2-3,5-10H2,1H3. The molecule has 1 atom stereocenters. The van der Waals surface area contributed by atoms with Crippen molar-refractivity contribution in [2.75, 3.05) is 0 Å². The van der Waals surface area contributed by atoms with Crippen LogP contribution in [-0.2, 0) is 9.53 Å². The van der Waals surface area contributed by atoms with E-state index in [0.717, 1.165) is 6.42 Å². The Hall–Kier alpha value is -0.790. The summed E-state index contributed by atoms with van der Waals surface area (Å²) in [6.07, 6.45) is 9.33. The third-order valence-electron chi connectivity index (χ3n) is 3.07. The lowest BCUT2D eigenvalue weighted by Crippen LogP contribution is -2.26.